The molecular weight excluding hydrogens is 1000 g/mol. The molecule has 0 unspecified atom stereocenters. The standard InChI is InChI=1S/3C18H36O2.C18H38O.Al/c3*1-2-3-4-5-6-7-8-9-10-11-12-13-14-15-16-17-18(19)20;1-2-3-4-5-6-7-8-9-10-11-12-13-14-15-16-17-18-19;/h3*2-17H2,1H3,(H,19,20);19H,2-18H2,1H3;/q;;;;+3/p-3. The summed E-state index contributed by atoms with van der Waals surface area (Å²) in [5, 5.41) is 39.3. The van der Waals surface area contributed by atoms with Gasteiger partial charge in [-0.15, -0.1) is 0 Å². The van der Waals surface area contributed by atoms with E-state index in [-0.39, 0.29) is 36.6 Å². The zero-order chi connectivity index (χ0) is 58.7. The Labute approximate surface area is 512 Å². The fraction of sp³-hybridized carbons (Fsp3) is 0.958. The maximum absolute atomic E-state index is 10.2. The van der Waals surface area contributed by atoms with Gasteiger partial charge in [0.05, 0.1) is 0 Å². The molecule has 0 saturated carbocycles. The van der Waals surface area contributed by atoms with Crippen LogP contribution >= 0.6 is 0 Å². The van der Waals surface area contributed by atoms with E-state index >= 15 is 0 Å². The van der Waals surface area contributed by atoms with Crippen LogP contribution < -0.4 is 15.3 Å². The predicted octanol–water partition coefficient (Wildman–Crippen LogP) is 20.9. The molecule has 0 aromatic carbocycles. The quantitative estimate of drug-likeness (QED) is 0.0472. The Morgan fingerprint density at radius 1 is 0.200 bits per heavy atom. The SMILES string of the molecule is CCCCCCCCCCCCCCCCCC(=O)[O-].CCCCCCCCCCCCCCCCCC(=O)[O-].CCCCCCCCCCCCCCCCCC(=O)[O-].CCCCCCCCCCCCCCCCCCO.[Al+3]. The third kappa shape index (κ3) is 102. The van der Waals surface area contributed by atoms with Crippen molar-refractivity contribution in [1.82, 2.24) is 0 Å². The minimum absolute atomic E-state index is 0. The van der Waals surface area contributed by atoms with Crippen molar-refractivity contribution in [3.8, 4) is 0 Å². The van der Waals surface area contributed by atoms with Gasteiger partial charge in [-0.1, -0.05) is 394 Å². The van der Waals surface area contributed by atoms with Crippen molar-refractivity contribution in [3.63, 3.8) is 0 Å². The monoisotopic (exact) mass is 1150 g/mol. The van der Waals surface area contributed by atoms with Crippen molar-refractivity contribution in [1.29, 1.82) is 0 Å². The molecule has 0 amide bonds. The minimum atomic E-state index is -0.903. The number of hydrogen-bond acceptors (Lipinski definition) is 7. The summed E-state index contributed by atoms with van der Waals surface area (Å²) in [6.45, 7) is 9.46. The molecule has 80 heavy (non-hydrogen) atoms. The summed E-state index contributed by atoms with van der Waals surface area (Å²) in [6.07, 6.45) is 81.7. The largest absolute Gasteiger partial charge is 3.00 e. The zero-order valence-corrected chi connectivity index (χ0v) is 56.1. The van der Waals surface area contributed by atoms with Crippen LogP contribution in [0.4, 0.5) is 0 Å². The fourth-order valence-electron chi connectivity index (χ4n) is 10.6. The second-order valence-corrected chi connectivity index (χ2v) is 24.2. The van der Waals surface area contributed by atoms with Crippen molar-refractivity contribution in [2.24, 2.45) is 0 Å². The summed E-state index contributed by atoms with van der Waals surface area (Å²) in [5.74, 6) is -2.71. The zero-order valence-electron chi connectivity index (χ0n) is 54.9. The van der Waals surface area contributed by atoms with E-state index in [1.54, 1.807) is 0 Å². The van der Waals surface area contributed by atoms with E-state index in [2.05, 4.69) is 27.7 Å². The summed E-state index contributed by atoms with van der Waals surface area (Å²) in [6, 6.07) is 0. The predicted molar refractivity (Wildman–Crippen MR) is 346 cm³/mol. The van der Waals surface area contributed by atoms with Crippen LogP contribution in [0.1, 0.15) is 439 Å². The van der Waals surface area contributed by atoms with Crippen LogP contribution in [0, 0.1) is 0 Å². The third-order valence-electron chi connectivity index (χ3n) is 16.0. The third-order valence-corrected chi connectivity index (χ3v) is 16.0. The molecular formula is C72H143AlO7. The van der Waals surface area contributed by atoms with Gasteiger partial charge in [-0.2, -0.15) is 0 Å². The van der Waals surface area contributed by atoms with E-state index in [9.17, 15) is 29.7 Å². The summed E-state index contributed by atoms with van der Waals surface area (Å²) in [7, 11) is 0. The minimum Gasteiger partial charge on any atom is -0.550 e. The average Bonchev–Trinajstić information content (AvgIpc) is 3.43. The Morgan fingerprint density at radius 2 is 0.300 bits per heavy atom. The summed E-state index contributed by atoms with van der Waals surface area (Å²) in [4.78, 5) is 30.7. The van der Waals surface area contributed by atoms with Crippen LogP contribution in [0.15, 0.2) is 0 Å². The molecule has 0 aromatic heterocycles. The molecule has 0 bridgehead atoms. The van der Waals surface area contributed by atoms with E-state index in [1.807, 2.05) is 0 Å². The van der Waals surface area contributed by atoms with Gasteiger partial charge in [-0.05, 0) is 44.9 Å². The smallest absolute Gasteiger partial charge is 0.550 e. The Kier molecular flexibility index (Phi) is 95.0. The van der Waals surface area contributed by atoms with Crippen LogP contribution in [-0.4, -0.2) is 47.0 Å². The molecule has 7 nitrogen and oxygen atoms in total. The van der Waals surface area contributed by atoms with E-state index < -0.39 is 17.9 Å². The van der Waals surface area contributed by atoms with Crippen molar-refractivity contribution in [2.45, 2.75) is 439 Å². The van der Waals surface area contributed by atoms with Crippen LogP contribution in [-0.2, 0) is 14.4 Å². The molecule has 0 rings (SSSR count). The molecule has 0 atom stereocenters. The summed E-state index contributed by atoms with van der Waals surface area (Å²) < 4.78 is 0. The molecule has 0 aromatic rings. The first kappa shape index (κ1) is 87.7. The van der Waals surface area contributed by atoms with Gasteiger partial charge in [0.25, 0.3) is 0 Å². The molecule has 0 aliphatic rings. The van der Waals surface area contributed by atoms with Gasteiger partial charge >= 0.3 is 17.4 Å². The summed E-state index contributed by atoms with van der Waals surface area (Å²) in [5.41, 5.74) is 0. The summed E-state index contributed by atoms with van der Waals surface area (Å²) >= 11 is 0. The van der Waals surface area contributed by atoms with Gasteiger partial charge in [-0.3, -0.25) is 0 Å². The number of hydrogen-bond donors (Lipinski definition) is 1. The molecule has 8 heteroatoms. The molecule has 0 aliphatic carbocycles. The van der Waals surface area contributed by atoms with Crippen molar-refractivity contribution in [3.05, 3.63) is 0 Å². The van der Waals surface area contributed by atoms with Crippen molar-refractivity contribution < 1.29 is 34.8 Å². The van der Waals surface area contributed by atoms with E-state index in [1.165, 1.54) is 347 Å². The number of aliphatic hydroxyl groups excluding tert-OH is 1. The molecule has 1 N–H and O–H groups in total. The molecule has 0 fully saturated rings. The number of carboxylic acids is 3. The number of unbranched alkanes of at least 4 members (excludes halogenated alkanes) is 57. The first-order chi connectivity index (χ1) is 38.7. The van der Waals surface area contributed by atoms with Crippen LogP contribution in [0.3, 0.4) is 0 Å². The first-order valence-electron chi connectivity index (χ1n) is 35.9. The van der Waals surface area contributed by atoms with Gasteiger partial charge in [0.1, 0.15) is 0 Å². The number of rotatable bonds is 64. The average molecular weight is 1150 g/mol. The van der Waals surface area contributed by atoms with Crippen molar-refractivity contribution in [2.75, 3.05) is 6.61 Å². The topological polar surface area (TPSA) is 141 Å². The Hall–Kier alpha value is -1.10. The molecule has 476 valence electrons. The van der Waals surface area contributed by atoms with Crippen molar-refractivity contribution >= 4 is 35.3 Å². The first-order valence-corrected chi connectivity index (χ1v) is 35.9. The van der Waals surface area contributed by atoms with E-state index in [0.717, 1.165) is 44.9 Å². The number of aliphatic carboxylic acids is 3. The van der Waals surface area contributed by atoms with Gasteiger partial charge < -0.3 is 34.8 Å². The Balaban J connectivity index is -0.000000311. The van der Waals surface area contributed by atoms with Gasteiger partial charge in [-0.25, -0.2) is 0 Å². The molecule has 0 radical (unpaired) electrons. The maximum Gasteiger partial charge on any atom is 3.00 e. The number of carbonyl (C=O) groups excluding carboxylic acids is 3. The van der Waals surface area contributed by atoms with Crippen LogP contribution in [0.5, 0.6) is 0 Å². The van der Waals surface area contributed by atoms with Crippen LogP contribution in [0.2, 0.25) is 0 Å². The Bertz CT molecular complexity index is 968. The fourth-order valence-corrected chi connectivity index (χ4v) is 10.6. The second kappa shape index (κ2) is 86.7. The Morgan fingerprint density at radius 3 is 0.400 bits per heavy atom. The normalized spacial score (nSPS) is 10.8. The van der Waals surface area contributed by atoms with Crippen LogP contribution in [0.25, 0.3) is 0 Å². The molecule has 0 aliphatic heterocycles. The van der Waals surface area contributed by atoms with E-state index in [4.69, 9.17) is 5.11 Å². The molecule has 0 spiro atoms. The second-order valence-electron chi connectivity index (χ2n) is 24.2. The number of aliphatic hydroxyl groups is 1. The van der Waals surface area contributed by atoms with Gasteiger partial charge in [0.15, 0.2) is 0 Å². The number of carboxylic acid groups (broad SMARTS) is 3. The van der Waals surface area contributed by atoms with E-state index in [0.29, 0.717) is 6.61 Å². The molecule has 0 heterocycles. The van der Waals surface area contributed by atoms with Gasteiger partial charge in [0, 0.05) is 24.5 Å². The maximum atomic E-state index is 10.2. The van der Waals surface area contributed by atoms with Gasteiger partial charge in [0.2, 0.25) is 0 Å². The number of carbonyl (C=O) groups is 3. The molecule has 0 saturated heterocycles.